The summed E-state index contributed by atoms with van der Waals surface area (Å²) in [4.78, 5) is 3.73. The highest BCUT2D eigenvalue weighted by Gasteiger charge is 2.49. The van der Waals surface area contributed by atoms with Crippen LogP contribution in [0.2, 0.25) is 0 Å². The molecule has 1 atom stereocenters. The van der Waals surface area contributed by atoms with Crippen LogP contribution in [-0.4, -0.2) is 19.6 Å². The molecule has 1 aromatic carbocycles. The number of pyridine rings is 1. The zero-order chi connectivity index (χ0) is 14.3. The number of hydrogen-bond acceptors (Lipinski definition) is 3. The van der Waals surface area contributed by atoms with Gasteiger partial charge in [0.05, 0.1) is 11.2 Å². The van der Waals surface area contributed by atoms with Gasteiger partial charge in [0.2, 0.25) is 15.3 Å². The number of aromatic nitrogens is 1. The number of alkyl halides is 3. The Morgan fingerprint density at radius 1 is 1.11 bits per heavy atom. The molecule has 0 aliphatic heterocycles. The number of nitrogens with zero attached hydrogens (tertiary/aromatic N) is 1. The number of primary sulfonamides is 1. The Morgan fingerprint density at radius 3 is 2.32 bits per heavy atom. The molecule has 0 radical (unpaired) electrons. The van der Waals surface area contributed by atoms with Gasteiger partial charge < -0.3 is 0 Å². The first-order valence-corrected chi connectivity index (χ1v) is 6.74. The fourth-order valence-corrected chi connectivity index (χ4v) is 2.59. The molecule has 0 bridgehead atoms. The van der Waals surface area contributed by atoms with Crippen molar-refractivity contribution in [3.05, 3.63) is 42.1 Å². The van der Waals surface area contributed by atoms with Gasteiger partial charge in [-0.2, -0.15) is 13.2 Å². The van der Waals surface area contributed by atoms with E-state index in [1.165, 1.54) is 12.1 Å². The molecule has 0 saturated carbocycles. The lowest BCUT2D eigenvalue weighted by molar-refractivity contribution is -0.132. The lowest BCUT2D eigenvalue weighted by Gasteiger charge is -2.17. The first kappa shape index (κ1) is 13.8. The molecular formula is C11H9F3N2O2S. The van der Waals surface area contributed by atoms with E-state index in [1.54, 1.807) is 18.2 Å². The van der Waals surface area contributed by atoms with Crippen LogP contribution in [0.5, 0.6) is 0 Å². The Balaban J connectivity index is 2.64. The maximum atomic E-state index is 12.8. The van der Waals surface area contributed by atoms with Gasteiger partial charge in [-0.15, -0.1) is 0 Å². The molecule has 0 spiro atoms. The summed E-state index contributed by atoms with van der Waals surface area (Å²) in [5.74, 6) is 0. The van der Waals surface area contributed by atoms with Crippen molar-refractivity contribution in [2.75, 3.05) is 0 Å². The van der Waals surface area contributed by atoms with Gasteiger partial charge in [0.25, 0.3) is 0 Å². The third-order valence-electron chi connectivity index (χ3n) is 2.51. The summed E-state index contributed by atoms with van der Waals surface area (Å²) in [5.41, 5.74) is -0.355. The van der Waals surface area contributed by atoms with Crippen molar-refractivity contribution in [1.29, 1.82) is 0 Å². The van der Waals surface area contributed by atoms with Gasteiger partial charge in [0.15, 0.2) is 0 Å². The Morgan fingerprint density at radius 2 is 1.74 bits per heavy atom. The molecular weight excluding hydrogens is 281 g/mol. The highest BCUT2D eigenvalue weighted by molar-refractivity contribution is 7.89. The van der Waals surface area contributed by atoms with Crippen LogP contribution >= 0.6 is 0 Å². The smallest absolute Gasteiger partial charge is 0.251 e. The molecule has 2 rings (SSSR count). The van der Waals surface area contributed by atoms with Gasteiger partial charge in [0.1, 0.15) is 0 Å². The van der Waals surface area contributed by atoms with E-state index in [0.717, 1.165) is 6.07 Å². The van der Waals surface area contributed by atoms with Crippen LogP contribution < -0.4 is 5.14 Å². The van der Waals surface area contributed by atoms with E-state index in [1.807, 2.05) is 0 Å². The summed E-state index contributed by atoms with van der Waals surface area (Å²) < 4.78 is 60.7. The van der Waals surface area contributed by atoms with E-state index < -0.39 is 27.1 Å². The summed E-state index contributed by atoms with van der Waals surface area (Å²) in [6, 6.07) is 8.84. The fraction of sp³-hybridized carbons (Fsp3) is 0.182. The molecule has 1 unspecified atom stereocenters. The summed E-state index contributed by atoms with van der Waals surface area (Å²) in [5, 5.41) is 2.45. The molecule has 102 valence electrons. The minimum Gasteiger partial charge on any atom is -0.251 e. The van der Waals surface area contributed by atoms with Crippen molar-refractivity contribution in [3.63, 3.8) is 0 Å². The summed E-state index contributed by atoms with van der Waals surface area (Å²) in [7, 11) is -4.83. The predicted octanol–water partition coefficient (Wildman–Crippen LogP) is 2.13. The van der Waals surface area contributed by atoms with Crippen LogP contribution in [0.3, 0.4) is 0 Å². The summed E-state index contributed by atoms with van der Waals surface area (Å²) in [6.45, 7) is 0. The van der Waals surface area contributed by atoms with Crippen molar-refractivity contribution in [2.24, 2.45) is 5.14 Å². The molecule has 4 nitrogen and oxygen atoms in total. The predicted molar refractivity (Wildman–Crippen MR) is 63.6 cm³/mol. The largest absolute Gasteiger partial charge is 0.412 e. The van der Waals surface area contributed by atoms with Crippen LogP contribution in [0, 0.1) is 0 Å². The van der Waals surface area contributed by atoms with Gasteiger partial charge >= 0.3 is 6.18 Å². The lowest BCUT2D eigenvalue weighted by atomic mass is 10.2. The first-order valence-electron chi connectivity index (χ1n) is 5.13. The van der Waals surface area contributed by atoms with Crippen molar-refractivity contribution in [3.8, 4) is 0 Å². The van der Waals surface area contributed by atoms with Gasteiger partial charge in [-0.1, -0.05) is 24.3 Å². The molecule has 0 aliphatic rings. The molecule has 2 aromatic rings. The number of halogens is 3. The van der Waals surface area contributed by atoms with Gasteiger partial charge in [0, 0.05) is 5.39 Å². The van der Waals surface area contributed by atoms with E-state index in [4.69, 9.17) is 0 Å². The van der Waals surface area contributed by atoms with E-state index in [9.17, 15) is 21.6 Å². The topological polar surface area (TPSA) is 73.1 Å². The second-order valence-corrected chi connectivity index (χ2v) is 5.59. The molecule has 1 aromatic heterocycles. The highest BCUT2D eigenvalue weighted by Crippen LogP contribution is 2.37. The minimum absolute atomic E-state index is 0.276. The summed E-state index contributed by atoms with van der Waals surface area (Å²) in [6.07, 6.45) is -5.01. The van der Waals surface area contributed by atoms with Crippen LogP contribution in [0.15, 0.2) is 36.4 Å². The third-order valence-corrected chi connectivity index (χ3v) is 3.68. The zero-order valence-electron chi connectivity index (χ0n) is 9.42. The standard InChI is InChI=1S/C11H9F3N2O2S/c12-11(13,14)10(19(15,17)18)9-6-5-7-3-1-2-4-8(7)16-9/h1-6,10H,(H2,15,17,18). The van der Waals surface area contributed by atoms with E-state index in [0.29, 0.717) is 5.39 Å². The molecule has 19 heavy (non-hydrogen) atoms. The molecule has 0 saturated heterocycles. The molecule has 0 aliphatic carbocycles. The number of rotatable bonds is 2. The van der Waals surface area contributed by atoms with E-state index in [-0.39, 0.29) is 5.52 Å². The van der Waals surface area contributed by atoms with E-state index in [2.05, 4.69) is 10.1 Å². The SMILES string of the molecule is NS(=O)(=O)C(c1ccc2ccccc2n1)C(F)(F)F. The van der Waals surface area contributed by atoms with Gasteiger partial charge in [-0.3, -0.25) is 4.98 Å². The molecule has 0 amide bonds. The number of sulfonamides is 1. The Labute approximate surface area is 107 Å². The number of fused-ring (bicyclic) bond motifs is 1. The van der Waals surface area contributed by atoms with E-state index >= 15 is 0 Å². The Bertz CT molecular complexity index is 713. The zero-order valence-corrected chi connectivity index (χ0v) is 10.2. The van der Waals surface area contributed by atoms with Crippen molar-refractivity contribution in [1.82, 2.24) is 4.98 Å². The molecule has 8 heteroatoms. The van der Waals surface area contributed by atoms with Crippen LogP contribution in [0.25, 0.3) is 10.9 Å². The average Bonchev–Trinajstić information content (AvgIpc) is 2.25. The maximum Gasteiger partial charge on any atom is 0.412 e. The minimum atomic E-state index is -5.01. The second kappa shape index (κ2) is 4.46. The van der Waals surface area contributed by atoms with Crippen molar-refractivity contribution in [2.45, 2.75) is 11.4 Å². The number of para-hydroxylation sites is 1. The highest BCUT2D eigenvalue weighted by atomic mass is 32.2. The van der Waals surface area contributed by atoms with Crippen LogP contribution in [-0.2, 0) is 10.0 Å². The van der Waals surface area contributed by atoms with Crippen LogP contribution in [0.1, 0.15) is 10.9 Å². The third kappa shape index (κ3) is 2.85. The second-order valence-electron chi connectivity index (χ2n) is 3.94. The maximum absolute atomic E-state index is 12.8. The molecule has 2 N–H and O–H groups in total. The van der Waals surface area contributed by atoms with Crippen LogP contribution in [0.4, 0.5) is 13.2 Å². The number of nitrogens with two attached hydrogens (primary N) is 1. The summed E-state index contributed by atoms with van der Waals surface area (Å²) >= 11 is 0. The average molecular weight is 290 g/mol. The number of benzene rings is 1. The van der Waals surface area contributed by atoms with Gasteiger partial charge in [-0.05, 0) is 12.1 Å². The molecule has 1 heterocycles. The van der Waals surface area contributed by atoms with Crippen molar-refractivity contribution >= 4 is 20.9 Å². The van der Waals surface area contributed by atoms with Gasteiger partial charge in [-0.25, -0.2) is 13.6 Å². The Hall–Kier alpha value is -1.67. The fourth-order valence-electron chi connectivity index (χ4n) is 1.75. The lowest BCUT2D eigenvalue weighted by Crippen LogP contribution is -2.34. The first-order chi connectivity index (χ1) is 8.69. The number of hydrogen-bond donors (Lipinski definition) is 1. The Kier molecular flexibility index (Phi) is 3.23. The molecule has 0 fully saturated rings. The monoisotopic (exact) mass is 290 g/mol. The van der Waals surface area contributed by atoms with Crippen molar-refractivity contribution < 1.29 is 21.6 Å². The quantitative estimate of drug-likeness (QED) is 0.920. The normalized spacial score (nSPS) is 14.5.